The van der Waals surface area contributed by atoms with Crippen molar-refractivity contribution in [2.24, 2.45) is 5.92 Å². The molecular formula is C11H17ClN2. The molecule has 0 unspecified atom stereocenters. The molecule has 1 heterocycles. The lowest BCUT2D eigenvalue weighted by Gasteiger charge is -2.23. The molecule has 0 saturated heterocycles. The fourth-order valence-corrected chi connectivity index (χ4v) is 1.49. The van der Waals surface area contributed by atoms with E-state index in [1.807, 2.05) is 12.1 Å². The molecule has 1 aromatic heterocycles. The van der Waals surface area contributed by atoms with E-state index in [-0.39, 0.29) is 0 Å². The van der Waals surface area contributed by atoms with Gasteiger partial charge in [-0.2, -0.15) is 0 Å². The Morgan fingerprint density at radius 2 is 2.14 bits per heavy atom. The van der Waals surface area contributed by atoms with Crippen molar-refractivity contribution in [3.63, 3.8) is 0 Å². The van der Waals surface area contributed by atoms with Gasteiger partial charge in [-0.1, -0.05) is 25.4 Å². The van der Waals surface area contributed by atoms with Crippen molar-refractivity contribution in [2.75, 3.05) is 18.0 Å². The van der Waals surface area contributed by atoms with Crippen LogP contribution in [0.4, 0.5) is 5.82 Å². The fourth-order valence-electron chi connectivity index (χ4n) is 1.38. The van der Waals surface area contributed by atoms with E-state index < -0.39 is 0 Å². The molecule has 1 aromatic rings. The van der Waals surface area contributed by atoms with Gasteiger partial charge in [-0.3, -0.25) is 0 Å². The molecule has 2 nitrogen and oxygen atoms in total. The zero-order chi connectivity index (χ0) is 10.6. The smallest absolute Gasteiger partial charge is 0.128 e. The third-order valence-electron chi connectivity index (χ3n) is 2.00. The highest BCUT2D eigenvalue weighted by atomic mass is 35.5. The minimum Gasteiger partial charge on any atom is -0.357 e. The molecule has 0 aliphatic rings. The maximum absolute atomic E-state index is 5.78. The Labute approximate surface area is 90.9 Å². The second-order valence-electron chi connectivity index (χ2n) is 3.77. The molecule has 0 atom stereocenters. The number of aromatic nitrogens is 1. The van der Waals surface area contributed by atoms with E-state index in [4.69, 9.17) is 11.6 Å². The third kappa shape index (κ3) is 3.18. The molecule has 0 bridgehead atoms. The summed E-state index contributed by atoms with van der Waals surface area (Å²) in [7, 11) is 0. The van der Waals surface area contributed by atoms with E-state index in [0.29, 0.717) is 10.9 Å². The van der Waals surface area contributed by atoms with E-state index in [0.717, 1.165) is 18.9 Å². The predicted octanol–water partition coefficient (Wildman–Crippen LogP) is 3.22. The highest BCUT2D eigenvalue weighted by Crippen LogP contribution is 2.15. The Kier molecular flexibility index (Phi) is 4.21. The van der Waals surface area contributed by atoms with Crippen molar-refractivity contribution >= 4 is 17.4 Å². The standard InChI is InChI=1S/C11H17ClN2/c1-4-14(8-9(2)3)11-6-5-10(12)7-13-11/h5-7,9H,4,8H2,1-3H3. The van der Waals surface area contributed by atoms with Crippen LogP contribution in [0.25, 0.3) is 0 Å². The molecular weight excluding hydrogens is 196 g/mol. The molecule has 1 rings (SSSR count). The van der Waals surface area contributed by atoms with Crippen molar-refractivity contribution in [3.8, 4) is 0 Å². The van der Waals surface area contributed by atoms with E-state index >= 15 is 0 Å². The number of anilines is 1. The molecule has 0 N–H and O–H groups in total. The fraction of sp³-hybridized carbons (Fsp3) is 0.545. The summed E-state index contributed by atoms with van der Waals surface area (Å²) in [4.78, 5) is 6.55. The summed E-state index contributed by atoms with van der Waals surface area (Å²) in [5.41, 5.74) is 0. The van der Waals surface area contributed by atoms with Crippen LogP contribution in [0.1, 0.15) is 20.8 Å². The predicted molar refractivity (Wildman–Crippen MR) is 62.0 cm³/mol. The number of hydrogen-bond acceptors (Lipinski definition) is 2. The zero-order valence-corrected chi connectivity index (χ0v) is 9.75. The van der Waals surface area contributed by atoms with Crippen LogP contribution in [0.5, 0.6) is 0 Å². The van der Waals surface area contributed by atoms with Gasteiger partial charge in [0.25, 0.3) is 0 Å². The summed E-state index contributed by atoms with van der Waals surface area (Å²) in [6.07, 6.45) is 1.69. The van der Waals surface area contributed by atoms with E-state index in [2.05, 4.69) is 30.7 Å². The highest BCUT2D eigenvalue weighted by molar-refractivity contribution is 6.30. The van der Waals surface area contributed by atoms with Gasteiger partial charge in [-0.15, -0.1) is 0 Å². The lowest BCUT2D eigenvalue weighted by molar-refractivity contribution is 0.614. The van der Waals surface area contributed by atoms with Crippen LogP contribution in [-0.2, 0) is 0 Å². The first-order valence-corrected chi connectivity index (χ1v) is 5.37. The summed E-state index contributed by atoms with van der Waals surface area (Å²) < 4.78 is 0. The average molecular weight is 213 g/mol. The van der Waals surface area contributed by atoms with Crippen molar-refractivity contribution in [1.29, 1.82) is 0 Å². The number of hydrogen-bond donors (Lipinski definition) is 0. The average Bonchev–Trinajstić information content (AvgIpc) is 2.15. The van der Waals surface area contributed by atoms with Crippen molar-refractivity contribution in [3.05, 3.63) is 23.4 Å². The molecule has 0 aliphatic carbocycles. The molecule has 0 aliphatic heterocycles. The number of rotatable bonds is 4. The van der Waals surface area contributed by atoms with Gasteiger partial charge in [0.05, 0.1) is 5.02 Å². The van der Waals surface area contributed by atoms with Gasteiger partial charge in [0.2, 0.25) is 0 Å². The summed E-state index contributed by atoms with van der Waals surface area (Å²) in [5.74, 6) is 1.65. The lowest BCUT2D eigenvalue weighted by Crippen LogP contribution is -2.27. The Bertz CT molecular complexity index is 269. The van der Waals surface area contributed by atoms with Gasteiger partial charge < -0.3 is 4.90 Å². The Morgan fingerprint density at radius 1 is 1.43 bits per heavy atom. The molecule has 14 heavy (non-hydrogen) atoms. The van der Waals surface area contributed by atoms with E-state index in [1.54, 1.807) is 6.20 Å². The minimum atomic E-state index is 0.646. The summed E-state index contributed by atoms with van der Waals surface area (Å²) in [5, 5.41) is 0.689. The molecule has 78 valence electrons. The van der Waals surface area contributed by atoms with Gasteiger partial charge in [-0.25, -0.2) is 4.98 Å². The van der Waals surface area contributed by atoms with Crippen molar-refractivity contribution in [2.45, 2.75) is 20.8 Å². The minimum absolute atomic E-state index is 0.646. The first-order valence-electron chi connectivity index (χ1n) is 5.00. The molecule has 0 fully saturated rings. The number of nitrogens with zero attached hydrogens (tertiary/aromatic N) is 2. The zero-order valence-electron chi connectivity index (χ0n) is 9.00. The normalized spacial score (nSPS) is 10.6. The van der Waals surface area contributed by atoms with Crippen LogP contribution < -0.4 is 4.90 Å². The van der Waals surface area contributed by atoms with Gasteiger partial charge in [0.1, 0.15) is 5.82 Å². The first kappa shape index (κ1) is 11.3. The Morgan fingerprint density at radius 3 is 2.57 bits per heavy atom. The van der Waals surface area contributed by atoms with E-state index in [9.17, 15) is 0 Å². The van der Waals surface area contributed by atoms with Gasteiger partial charge in [-0.05, 0) is 25.0 Å². The quantitative estimate of drug-likeness (QED) is 0.762. The molecule has 0 saturated carbocycles. The summed E-state index contributed by atoms with van der Waals surface area (Å²) in [6.45, 7) is 8.56. The van der Waals surface area contributed by atoms with Crippen LogP contribution in [0.15, 0.2) is 18.3 Å². The van der Waals surface area contributed by atoms with Crippen molar-refractivity contribution in [1.82, 2.24) is 4.98 Å². The summed E-state index contributed by atoms with van der Waals surface area (Å²) >= 11 is 5.78. The third-order valence-corrected chi connectivity index (χ3v) is 2.23. The number of pyridine rings is 1. The first-order chi connectivity index (χ1) is 6.63. The van der Waals surface area contributed by atoms with Gasteiger partial charge in [0, 0.05) is 19.3 Å². The van der Waals surface area contributed by atoms with Crippen LogP contribution in [0, 0.1) is 5.92 Å². The molecule has 0 radical (unpaired) electrons. The summed E-state index contributed by atoms with van der Waals surface area (Å²) in [6, 6.07) is 3.85. The SMILES string of the molecule is CCN(CC(C)C)c1ccc(Cl)cn1. The van der Waals surface area contributed by atoms with E-state index in [1.165, 1.54) is 0 Å². The maximum Gasteiger partial charge on any atom is 0.128 e. The lowest BCUT2D eigenvalue weighted by atomic mass is 10.2. The second-order valence-corrected chi connectivity index (χ2v) is 4.20. The van der Waals surface area contributed by atoms with Gasteiger partial charge in [0.15, 0.2) is 0 Å². The Hall–Kier alpha value is -0.760. The number of halogens is 1. The molecule has 0 amide bonds. The van der Waals surface area contributed by atoms with Gasteiger partial charge >= 0.3 is 0 Å². The molecule has 0 spiro atoms. The second kappa shape index (κ2) is 5.20. The molecule has 0 aromatic carbocycles. The monoisotopic (exact) mass is 212 g/mol. The van der Waals surface area contributed by atoms with Crippen molar-refractivity contribution < 1.29 is 0 Å². The van der Waals surface area contributed by atoms with Crippen LogP contribution >= 0.6 is 11.6 Å². The van der Waals surface area contributed by atoms with Crippen LogP contribution in [0.3, 0.4) is 0 Å². The highest BCUT2D eigenvalue weighted by Gasteiger charge is 2.06. The topological polar surface area (TPSA) is 16.1 Å². The van der Waals surface area contributed by atoms with Crippen LogP contribution in [0.2, 0.25) is 5.02 Å². The van der Waals surface area contributed by atoms with Crippen LogP contribution in [-0.4, -0.2) is 18.1 Å². The maximum atomic E-state index is 5.78. The molecule has 3 heteroatoms. The largest absolute Gasteiger partial charge is 0.357 e. The Balaban J connectivity index is 2.73.